The molecule has 202 valence electrons. The zero-order chi connectivity index (χ0) is 28.1. The lowest BCUT2D eigenvalue weighted by Gasteiger charge is -2.19. The van der Waals surface area contributed by atoms with Crippen molar-refractivity contribution in [1.82, 2.24) is 9.97 Å². The Balaban J connectivity index is 1.67. The number of fused-ring (bicyclic) bond motifs is 2. The zero-order valence-electron chi connectivity index (χ0n) is 20.8. The number of hydrogen-bond acceptors (Lipinski definition) is 7. The van der Waals surface area contributed by atoms with Crippen LogP contribution in [-0.2, 0) is 4.74 Å². The van der Waals surface area contributed by atoms with Gasteiger partial charge in [0.25, 0.3) is 5.92 Å². The van der Waals surface area contributed by atoms with Crippen LogP contribution in [0.25, 0.3) is 32.8 Å². The predicted molar refractivity (Wildman–Crippen MR) is 134 cm³/mol. The Morgan fingerprint density at radius 2 is 1.90 bits per heavy atom. The highest BCUT2D eigenvalue weighted by atomic mass is 19.3. The van der Waals surface area contributed by atoms with E-state index in [-0.39, 0.29) is 23.5 Å². The number of hydrogen-bond donors (Lipinski definition) is 2. The molecule has 1 fully saturated rings. The van der Waals surface area contributed by atoms with Gasteiger partial charge in [-0.2, -0.15) is 9.97 Å². The van der Waals surface area contributed by atoms with Gasteiger partial charge in [0.05, 0.1) is 22.5 Å². The van der Waals surface area contributed by atoms with Crippen LogP contribution < -0.4 is 9.47 Å². The standard InChI is InChI=1S/C28H22F4N2O5/c1-4-15-6-5-7-16-8-17(39-13-37-3)9-18(21(15)16)22-20(29)10-19-24(23(22)30)33-26(34-25(19)36)38-12-27(14(2)35)11-28(27,31)32/h1,5-10,14,35H,11-13H2,2-3H3,(H,33,34,36)/t14-,27+/m1/s1. The summed E-state index contributed by atoms with van der Waals surface area (Å²) in [5, 5.41) is 20.8. The van der Waals surface area contributed by atoms with Crippen LogP contribution in [0.5, 0.6) is 17.6 Å². The lowest BCUT2D eigenvalue weighted by Crippen LogP contribution is -2.31. The van der Waals surface area contributed by atoms with Crippen molar-refractivity contribution in [2.75, 3.05) is 20.5 Å². The summed E-state index contributed by atoms with van der Waals surface area (Å²) in [5.41, 5.74) is -2.48. The fraction of sp³-hybridized carbons (Fsp3) is 0.286. The normalized spacial score (nSPS) is 18.6. The Labute approximate surface area is 220 Å². The number of ether oxygens (including phenoxy) is 3. The van der Waals surface area contributed by atoms with Crippen LogP contribution in [0, 0.1) is 29.4 Å². The van der Waals surface area contributed by atoms with Crippen LogP contribution in [0.15, 0.2) is 36.4 Å². The largest absolute Gasteiger partial charge is 0.493 e. The lowest BCUT2D eigenvalue weighted by molar-refractivity contribution is -0.0231. The van der Waals surface area contributed by atoms with Crippen molar-refractivity contribution in [2.45, 2.75) is 25.4 Å². The number of benzene rings is 3. The van der Waals surface area contributed by atoms with Gasteiger partial charge in [-0.1, -0.05) is 18.1 Å². The molecule has 0 aliphatic heterocycles. The quantitative estimate of drug-likeness (QED) is 0.180. The Kier molecular flexibility index (Phi) is 6.48. The molecule has 0 bridgehead atoms. The Bertz CT molecular complexity index is 1650. The minimum atomic E-state index is -3.17. The summed E-state index contributed by atoms with van der Waals surface area (Å²) >= 11 is 0. The van der Waals surface area contributed by atoms with E-state index >= 15 is 8.78 Å². The van der Waals surface area contributed by atoms with Gasteiger partial charge in [0.1, 0.15) is 23.7 Å². The molecule has 1 aromatic heterocycles. The topological polar surface area (TPSA) is 93.9 Å². The van der Waals surface area contributed by atoms with Crippen LogP contribution in [0.2, 0.25) is 0 Å². The van der Waals surface area contributed by atoms with E-state index < -0.39 is 65.1 Å². The number of aromatic hydroxyl groups is 1. The van der Waals surface area contributed by atoms with Gasteiger partial charge in [-0.3, -0.25) is 0 Å². The summed E-state index contributed by atoms with van der Waals surface area (Å²) in [6, 6.07) is 8.27. The van der Waals surface area contributed by atoms with E-state index in [2.05, 4.69) is 15.9 Å². The average molecular weight is 542 g/mol. The number of alkyl halides is 2. The SMILES string of the molecule is C#Cc1cccc2cc(OCOC)cc(-c3c(F)cc4c(O)nc(OC[C@]5([C@@H](C)O)CC5(F)F)nc4c3F)c12. The summed E-state index contributed by atoms with van der Waals surface area (Å²) < 4.78 is 75.2. The second kappa shape index (κ2) is 9.55. The average Bonchev–Trinajstić information content (AvgIpc) is 3.48. The molecule has 0 amide bonds. The first-order valence-electron chi connectivity index (χ1n) is 11.8. The van der Waals surface area contributed by atoms with E-state index in [0.717, 1.165) is 6.07 Å². The van der Waals surface area contributed by atoms with Crippen molar-refractivity contribution < 1.29 is 42.0 Å². The first-order valence-corrected chi connectivity index (χ1v) is 11.8. The smallest absolute Gasteiger partial charge is 0.320 e. The molecule has 7 nitrogen and oxygen atoms in total. The molecule has 2 atom stereocenters. The lowest BCUT2D eigenvalue weighted by atomic mass is 9.93. The van der Waals surface area contributed by atoms with E-state index in [1.54, 1.807) is 24.3 Å². The highest BCUT2D eigenvalue weighted by molar-refractivity contribution is 6.03. The first-order chi connectivity index (χ1) is 18.5. The molecule has 39 heavy (non-hydrogen) atoms. The van der Waals surface area contributed by atoms with Crippen molar-refractivity contribution >= 4 is 21.7 Å². The van der Waals surface area contributed by atoms with Crippen LogP contribution >= 0.6 is 0 Å². The number of halogens is 4. The van der Waals surface area contributed by atoms with E-state index in [4.69, 9.17) is 20.6 Å². The Morgan fingerprint density at radius 1 is 1.15 bits per heavy atom. The maximum Gasteiger partial charge on any atom is 0.320 e. The maximum absolute atomic E-state index is 16.1. The number of methoxy groups -OCH3 is 1. The molecule has 11 heteroatoms. The molecule has 2 N–H and O–H groups in total. The van der Waals surface area contributed by atoms with Crippen molar-refractivity contribution in [3.63, 3.8) is 0 Å². The number of aliphatic hydroxyl groups excluding tert-OH is 1. The second-order valence-electron chi connectivity index (χ2n) is 9.35. The van der Waals surface area contributed by atoms with Crippen molar-refractivity contribution in [1.29, 1.82) is 0 Å². The molecule has 1 aliphatic rings. The summed E-state index contributed by atoms with van der Waals surface area (Å²) in [7, 11) is 1.42. The third-order valence-electron chi connectivity index (χ3n) is 6.96. The predicted octanol–water partition coefficient (Wildman–Crippen LogP) is 5.18. The Hall–Kier alpha value is -4.14. The number of aromatic nitrogens is 2. The Morgan fingerprint density at radius 3 is 2.54 bits per heavy atom. The molecule has 4 aromatic rings. The molecule has 3 aromatic carbocycles. The van der Waals surface area contributed by atoms with Crippen molar-refractivity contribution in [3.05, 3.63) is 53.6 Å². The van der Waals surface area contributed by atoms with E-state index in [1.165, 1.54) is 20.1 Å². The minimum Gasteiger partial charge on any atom is -0.493 e. The zero-order valence-corrected chi connectivity index (χ0v) is 20.8. The van der Waals surface area contributed by atoms with Crippen molar-refractivity contribution in [2.24, 2.45) is 5.41 Å². The van der Waals surface area contributed by atoms with Crippen LogP contribution in [0.4, 0.5) is 17.6 Å². The van der Waals surface area contributed by atoms with Gasteiger partial charge in [-0.15, -0.1) is 6.42 Å². The number of nitrogens with zero attached hydrogens (tertiary/aromatic N) is 2. The molecule has 5 rings (SSSR count). The second-order valence-corrected chi connectivity index (χ2v) is 9.35. The third kappa shape index (κ3) is 4.35. The number of terminal acetylenes is 1. The van der Waals surface area contributed by atoms with Gasteiger partial charge in [0, 0.05) is 30.0 Å². The van der Waals surface area contributed by atoms with Gasteiger partial charge in [0.2, 0.25) is 5.88 Å². The summed E-state index contributed by atoms with van der Waals surface area (Å²) in [4.78, 5) is 7.59. The van der Waals surface area contributed by atoms with Crippen LogP contribution in [0.1, 0.15) is 18.9 Å². The van der Waals surface area contributed by atoms with Gasteiger partial charge in [-0.25, -0.2) is 17.6 Å². The summed E-state index contributed by atoms with van der Waals surface area (Å²) in [6.07, 6.45) is 3.64. The molecule has 1 aliphatic carbocycles. The van der Waals surface area contributed by atoms with Crippen LogP contribution in [0.3, 0.4) is 0 Å². The van der Waals surface area contributed by atoms with Gasteiger partial charge < -0.3 is 24.4 Å². The van der Waals surface area contributed by atoms with Crippen LogP contribution in [-0.4, -0.2) is 52.7 Å². The van der Waals surface area contributed by atoms with Gasteiger partial charge in [-0.05, 0) is 36.6 Å². The monoisotopic (exact) mass is 542 g/mol. The highest BCUT2D eigenvalue weighted by Crippen LogP contribution is 2.62. The fourth-order valence-electron chi connectivity index (χ4n) is 4.68. The molecular weight excluding hydrogens is 520 g/mol. The third-order valence-corrected chi connectivity index (χ3v) is 6.96. The molecule has 0 saturated heterocycles. The fourth-order valence-corrected chi connectivity index (χ4v) is 4.68. The summed E-state index contributed by atoms with van der Waals surface area (Å²) in [6.45, 7) is 0.390. The molecule has 1 saturated carbocycles. The number of aliphatic hydroxyl groups is 1. The van der Waals surface area contributed by atoms with Gasteiger partial charge >= 0.3 is 6.01 Å². The minimum absolute atomic E-state index is 0.0512. The molecule has 0 spiro atoms. The molecule has 0 radical (unpaired) electrons. The molecular formula is C28H22F4N2O5. The van der Waals surface area contributed by atoms with E-state index in [9.17, 15) is 19.0 Å². The molecule has 1 heterocycles. The highest BCUT2D eigenvalue weighted by Gasteiger charge is 2.74. The molecule has 0 unspecified atom stereocenters. The summed E-state index contributed by atoms with van der Waals surface area (Å²) in [5.74, 6) is -3.46. The van der Waals surface area contributed by atoms with Crippen molar-refractivity contribution in [3.8, 4) is 41.1 Å². The van der Waals surface area contributed by atoms with E-state index in [0.29, 0.717) is 16.3 Å². The van der Waals surface area contributed by atoms with E-state index in [1.807, 2.05) is 0 Å². The maximum atomic E-state index is 16.1. The first kappa shape index (κ1) is 26.5. The number of rotatable bonds is 8. The van der Waals surface area contributed by atoms with Gasteiger partial charge in [0.15, 0.2) is 12.6 Å².